The molecular formula is C19H31N. The second-order valence-electron chi connectivity index (χ2n) is 6.97. The van der Waals surface area contributed by atoms with E-state index in [0.29, 0.717) is 5.92 Å². The van der Waals surface area contributed by atoms with Crippen LogP contribution < -0.4 is 0 Å². The smallest absolute Gasteiger partial charge is 0.0675 e. The van der Waals surface area contributed by atoms with E-state index in [2.05, 4.69) is 78.4 Å². The third-order valence-electron chi connectivity index (χ3n) is 5.08. The lowest BCUT2D eigenvalue weighted by Crippen LogP contribution is -2.31. The topological polar surface area (TPSA) is 3.24 Å². The summed E-state index contributed by atoms with van der Waals surface area (Å²) in [5.41, 5.74) is 4.25. The average Bonchev–Trinajstić information content (AvgIpc) is 2.75. The van der Waals surface area contributed by atoms with Crippen LogP contribution in [-0.2, 0) is 0 Å². The fraction of sp³-hybridized carbons (Fsp3) is 0.579. The Labute approximate surface area is 125 Å². The van der Waals surface area contributed by atoms with E-state index >= 15 is 0 Å². The van der Waals surface area contributed by atoms with Crippen molar-refractivity contribution in [2.24, 2.45) is 11.3 Å². The van der Waals surface area contributed by atoms with Gasteiger partial charge in [-0.1, -0.05) is 58.1 Å². The minimum Gasteiger partial charge on any atom is -0.370 e. The summed E-state index contributed by atoms with van der Waals surface area (Å²) in [5, 5.41) is 0. The molecule has 0 aromatic carbocycles. The van der Waals surface area contributed by atoms with Gasteiger partial charge in [0.05, 0.1) is 5.54 Å². The van der Waals surface area contributed by atoms with Crippen molar-refractivity contribution in [3.05, 3.63) is 47.7 Å². The first-order valence-corrected chi connectivity index (χ1v) is 7.54. The van der Waals surface area contributed by atoms with Crippen LogP contribution in [0.25, 0.3) is 0 Å². The van der Waals surface area contributed by atoms with E-state index in [1.54, 1.807) is 0 Å². The summed E-state index contributed by atoms with van der Waals surface area (Å²) in [6.45, 7) is 19.8. The third-order valence-corrected chi connectivity index (χ3v) is 5.08. The summed E-state index contributed by atoms with van der Waals surface area (Å²) in [7, 11) is 2.19. The summed E-state index contributed by atoms with van der Waals surface area (Å²) in [6.07, 6.45) is 8.65. The lowest BCUT2D eigenvalue weighted by Gasteiger charge is -2.27. The predicted molar refractivity (Wildman–Crippen MR) is 90.6 cm³/mol. The number of rotatable bonds is 5. The Morgan fingerprint density at radius 1 is 1.25 bits per heavy atom. The van der Waals surface area contributed by atoms with Crippen molar-refractivity contribution in [1.29, 1.82) is 0 Å². The molecule has 1 unspecified atom stereocenters. The third kappa shape index (κ3) is 2.77. The lowest BCUT2D eigenvalue weighted by molar-refractivity contribution is 0.272. The van der Waals surface area contributed by atoms with Gasteiger partial charge in [-0.15, -0.1) is 0 Å². The van der Waals surface area contributed by atoms with E-state index in [0.717, 1.165) is 5.57 Å². The Hall–Kier alpha value is -1.24. The Balaban J connectivity index is 3.05. The standard InChI is InChI=1S/C19H31N/c1-10-11-15(4)12-17-18(6,7)19(17,8)20(9)13-16(5)14(2)3/h10-14H,4H2,1-3,5-9H3/b11-10-,16-13+,17-12+. The van der Waals surface area contributed by atoms with E-state index in [1.165, 1.54) is 11.1 Å². The van der Waals surface area contributed by atoms with Gasteiger partial charge in [-0.25, -0.2) is 0 Å². The van der Waals surface area contributed by atoms with Gasteiger partial charge in [0.25, 0.3) is 0 Å². The van der Waals surface area contributed by atoms with Crippen LogP contribution in [0, 0.1) is 11.3 Å². The molecule has 0 aromatic heterocycles. The van der Waals surface area contributed by atoms with Crippen LogP contribution in [0.4, 0.5) is 0 Å². The molecule has 0 aromatic rings. The molecular weight excluding hydrogens is 242 g/mol. The van der Waals surface area contributed by atoms with Crippen molar-refractivity contribution < 1.29 is 0 Å². The molecule has 20 heavy (non-hydrogen) atoms. The maximum Gasteiger partial charge on any atom is 0.0675 e. The maximum absolute atomic E-state index is 4.11. The molecule has 0 aliphatic heterocycles. The Morgan fingerprint density at radius 2 is 1.80 bits per heavy atom. The number of hydrogen-bond acceptors (Lipinski definition) is 1. The van der Waals surface area contributed by atoms with E-state index in [1.807, 2.05) is 13.0 Å². The zero-order valence-electron chi connectivity index (χ0n) is 14.5. The molecule has 1 nitrogen and oxygen atoms in total. The van der Waals surface area contributed by atoms with E-state index < -0.39 is 0 Å². The van der Waals surface area contributed by atoms with Gasteiger partial charge in [-0.05, 0) is 44.0 Å². The van der Waals surface area contributed by atoms with Gasteiger partial charge in [-0.2, -0.15) is 0 Å². The quantitative estimate of drug-likeness (QED) is 0.611. The highest BCUT2D eigenvalue weighted by molar-refractivity contribution is 5.54. The molecule has 0 heterocycles. The molecule has 1 saturated carbocycles. The zero-order chi connectivity index (χ0) is 15.7. The Bertz CT molecular complexity index is 474. The highest BCUT2D eigenvalue weighted by atomic mass is 15.2. The summed E-state index contributed by atoms with van der Waals surface area (Å²) in [6, 6.07) is 0. The minimum atomic E-state index is 0.0909. The summed E-state index contributed by atoms with van der Waals surface area (Å²) < 4.78 is 0. The van der Waals surface area contributed by atoms with Crippen molar-refractivity contribution in [2.45, 2.75) is 54.0 Å². The fourth-order valence-electron chi connectivity index (χ4n) is 2.85. The summed E-state index contributed by atoms with van der Waals surface area (Å²) >= 11 is 0. The first-order chi connectivity index (χ1) is 9.08. The number of hydrogen-bond donors (Lipinski definition) is 0. The highest BCUT2D eigenvalue weighted by Gasteiger charge is 2.65. The second kappa shape index (κ2) is 5.63. The molecule has 0 saturated heterocycles. The summed E-state index contributed by atoms with van der Waals surface area (Å²) in [5.74, 6) is 0.591. The molecule has 1 aliphatic rings. The Morgan fingerprint density at radius 3 is 2.25 bits per heavy atom. The van der Waals surface area contributed by atoms with Gasteiger partial charge in [0.2, 0.25) is 0 Å². The van der Waals surface area contributed by atoms with Crippen molar-refractivity contribution in [1.82, 2.24) is 4.90 Å². The molecule has 0 N–H and O–H groups in total. The number of nitrogens with zero attached hydrogens (tertiary/aromatic N) is 1. The zero-order valence-corrected chi connectivity index (χ0v) is 14.5. The van der Waals surface area contributed by atoms with Gasteiger partial charge in [-0.3, -0.25) is 0 Å². The molecule has 1 fully saturated rings. The fourth-order valence-corrected chi connectivity index (χ4v) is 2.85. The number of allylic oxidation sites excluding steroid dienone is 5. The normalized spacial score (nSPS) is 27.4. The Kier molecular flexibility index (Phi) is 4.74. The highest BCUT2D eigenvalue weighted by Crippen LogP contribution is 2.64. The molecule has 1 aliphatic carbocycles. The van der Waals surface area contributed by atoms with Gasteiger partial charge in [0, 0.05) is 12.5 Å². The molecule has 1 atom stereocenters. The number of likely N-dealkylation sites (N-methyl/N-ethyl adjacent to an activating group) is 1. The van der Waals surface area contributed by atoms with Crippen LogP contribution in [0.1, 0.15) is 48.5 Å². The van der Waals surface area contributed by atoms with Gasteiger partial charge in [0.15, 0.2) is 0 Å². The molecule has 112 valence electrons. The van der Waals surface area contributed by atoms with Crippen LogP contribution in [0.2, 0.25) is 0 Å². The van der Waals surface area contributed by atoms with Crippen molar-refractivity contribution in [3.63, 3.8) is 0 Å². The first-order valence-electron chi connectivity index (χ1n) is 7.54. The molecule has 0 spiro atoms. The predicted octanol–water partition coefficient (Wildman–Crippen LogP) is 5.34. The molecule has 0 bridgehead atoms. The van der Waals surface area contributed by atoms with Crippen LogP contribution in [0.3, 0.4) is 0 Å². The molecule has 1 rings (SSSR count). The van der Waals surface area contributed by atoms with E-state index in [-0.39, 0.29) is 11.0 Å². The summed E-state index contributed by atoms with van der Waals surface area (Å²) in [4.78, 5) is 2.37. The van der Waals surface area contributed by atoms with E-state index in [9.17, 15) is 0 Å². The largest absolute Gasteiger partial charge is 0.370 e. The van der Waals surface area contributed by atoms with Gasteiger partial charge >= 0.3 is 0 Å². The molecule has 0 radical (unpaired) electrons. The van der Waals surface area contributed by atoms with Crippen LogP contribution in [0.5, 0.6) is 0 Å². The second-order valence-corrected chi connectivity index (χ2v) is 6.97. The molecule has 0 amide bonds. The maximum atomic E-state index is 4.11. The van der Waals surface area contributed by atoms with Crippen molar-refractivity contribution in [3.8, 4) is 0 Å². The first kappa shape index (κ1) is 16.8. The average molecular weight is 273 g/mol. The monoisotopic (exact) mass is 273 g/mol. The lowest BCUT2D eigenvalue weighted by atomic mass is 10.0. The van der Waals surface area contributed by atoms with Crippen LogP contribution in [-0.4, -0.2) is 17.5 Å². The molecule has 1 heteroatoms. The minimum absolute atomic E-state index is 0.0909. The van der Waals surface area contributed by atoms with Gasteiger partial charge in [0.1, 0.15) is 0 Å². The van der Waals surface area contributed by atoms with Crippen molar-refractivity contribution >= 4 is 0 Å². The van der Waals surface area contributed by atoms with Gasteiger partial charge < -0.3 is 4.90 Å². The van der Waals surface area contributed by atoms with Crippen molar-refractivity contribution in [2.75, 3.05) is 7.05 Å². The van der Waals surface area contributed by atoms with Crippen LogP contribution >= 0.6 is 0 Å². The van der Waals surface area contributed by atoms with E-state index in [4.69, 9.17) is 0 Å². The SMILES string of the molecule is C=C(/C=C\C)/C=C1\C(C)(C)C1(C)N(C)/C=C(\C)C(C)C. The van der Waals surface area contributed by atoms with Crippen LogP contribution in [0.15, 0.2) is 47.7 Å².